The highest BCUT2D eigenvalue weighted by Gasteiger charge is 2.04. The second kappa shape index (κ2) is 8.84. The lowest BCUT2D eigenvalue weighted by Crippen LogP contribution is -2.01. The molecule has 0 N–H and O–H groups in total. The summed E-state index contributed by atoms with van der Waals surface area (Å²) in [5.41, 5.74) is 1.13. The lowest BCUT2D eigenvalue weighted by molar-refractivity contribution is 0.293. The van der Waals surface area contributed by atoms with Gasteiger partial charge in [-0.3, -0.25) is 0 Å². The molecule has 1 aromatic carbocycles. The largest absolute Gasteiger partial charge is 0.493 e. The molecule has 0 bridgehead atoms. The van der Waals surface area contributed by atoms with Crippen molar-refractivity contribution in [2.45, 2.75) is 46.5 Å². The molecule has 0 heterocycles. The molecule has 1 radical (unpaired) electrons. The topological polar surface area (TPSA) is 18.5 Å². The molecular formula is C16H25O2. The highest BCUT2D eigenvalue weighted by Crippen LogP contribution is 2.26. The van der Waals surface area contributed by atoms with Crippen LogP contribution in [-0.2, 0) is 0 Å². The minimum atomic E-state index is 0.774. The SMILES string of the molecule is C[CH]c1ccc(OCCCC)cc1OCCCC. The summed E-state index contributed by atoms with van der Waals surface area (Å²) in [6.07, 6.45) is 6.55. The summed E-state index contributed by atoms with van der Waals surface area (Å²) in [4.78, 5) is 0. The van der Waals surface area contributed by atoms with E-state index in [1.54, 1.807) is 0 Å². The van der Waals surface area contributed by atoms with Crippen LogP contribution in [0.2, 0.25) is 0 Å². The number of rotatable bonds is 9. The summed E-state index contributed by atoms with van der Waals surface area (Å²) in [5.74, 6) is 1.83. The van der Waals surface area contributed by atoms with Gasteiger partial charge in [0.2, 0.25) is 0 Å². The molecule has 0 aliphatic rings. The van der Waals surface area contributed by atoms with Crippen LogP contribution in [0.5, 0.6) is 11.5 Å². The smallest absolute Gasteiger partial charge is 0.126 e. The quantitative estimate of drug-likeness (QED) is 0.595. The minimum Gasteiger partial charge on any atom is -0.493 e. The van der Waals surface area contributed by atoms with E-state index in [9.17, 15) is 0 Å². The predicted octanol–water partition coefficient (Wildman–Crippen LogP) is 4.62. The normalized spacial score (nSPS) is 10.4. The van der Waals surface area contributed by atoms with Crippen LogP contribution in [0.1, 0.15) is 52.0 Å². The summed E-state index contributed by atoms with van der Waals surface area (Å²) >= 11 is 0. The Labute approximate surface area is 111 Å². The van der Waals surface area contributed by atoms with Crippen molar-refractivity contribution in [3.63, 3.8) is 0 Å². The molecular weight excluding hydrogens is 224 g/mol. The number of hydrogen-bond acceptors (Lipinski definition) is 2. The van der Waals surface area contributed by atoms with Crippen molar-refractivity contribution in [1.29, 1.82) is 0 Å². The third-order valence-electron chi connectivity index (χ3n) is 2.82. The fourth-order valence-electron chi connectivity index (χ4n) is 1.63. The maximum Gasteiger partial charge on any atom is 0.126 e. The Kier molecular flexibility index (Phi) is 7.31. The average molecular weight is 249 g/mol. The number of hydrogen-bond donors (Lipinski definition) is 0. The Bertz CT molecular complexity index is 334. The van der Waals surface area contributed by atoms with Gasteiger partial charge in [-0.2, -0.15) is 0 Å². The first-order chi connectivity index (χ1) is 8.81. The van der Waals surface area contributed by atoms with Crippen molar-refractivity contribution in [2.24, 2.45) is 0 Å². The number of benzene rings is 1. The van der Waals surface area contributed by atoms with Gasteiger partial charge < -0.3 is 9.47 Å². The fraction of sp³-hybridized carbons (Fsp3) is 0.562. The first kappa shape index (κ1) is 14.9. The Hall–Kier alpha value is -1.18. The highest BCUT2D eigenvalue weighted by atomic mass is 16.5. The zero-order valence-electron chi connectivity index (χ0n) is 11.9. The van der Waals surface area contributed by atoms with E-state index < -0.39 is 0 Å². The molecule has 18 heavy (non-hydrogen) atoms. The van der Waals surface area contributed by atoms with Gasteiger partial charge in [-0.15, -0.1) is 0 Å². The van der Waals surface area contributed by atoms with Crippen molar-refractivity contribution in [3.8, 4) is 11.5 Å². The predicted molar refractivity (Wildman–Crippen MR) is 76.3 cm³/mol. The average Bonchev–Trinajstić information content (AvgIpc) is 2.40. The minimum absolute atomic E-state index is 0.774. The first-order valence-corrected chi connectivity index (χ1v) is 7.00. The molecule has 2 nitrogen and oxygen atoms in total. The third-order valence-corrected chi connectivity index (χ3v) is 2.82. The summed E-state index contributed by atoms with van der Waals surface area (Å²) in [6, 6.07) is 6.07. The van der Waals surface area contributed by atoms with Crippen LogP contribution in [0.15, 0.2) is 18.2 Å². The third kappa shape index (κ3) is 4.99. The van der Waals surface area contributed by atoms with Gasteiger partial charge in [0.25, 0.3) is 0 Å². The lowest BCUT2D eigenvalue weighted by atomic mass is 10.1. The van der Waals surface area contributed by atoms with E-state index in [4.69, 9.17) is 9.47 Å². The van der Waals surface area contributed by atoms with Gasteiger partial charge in [0.15, 0.2) is 0 Å². The summed E-state index contributed by atoms with van der Waals surface area (Å²) < 4.78 is 11.5. The van der Waals surface area contributed by atoms with Gasteiger partial charge in [0.1, 0.15) is 11.5 Å². The first-order valence-electron chi connectivity index (χ1n) is 7.00. The van der Waals surface area contributed by atoms with Crippen LogP contribution in [0.25, 0.3) is 0 Å². The van der Waals surface area contributed by atoms with Gasteiger partial charge in [-0.25, -0.2) is 0 Å². The number of ether oxygens (including phenoxy) is 2. The maximum atomic E-state index is 5.80. The molecule has 1 rings (SSSR count). The molecule has 0 spiro atoms. The van der Waals surface area contributed by atoms with Crippen LogP contribution < -0.4 is 9.47 Å². The Morgan fingerprint density at radius 3 is 2.28 bits per heavy atom. The van der Waals surface area contributed by atoms with Crippen molar-refractivity contribution in [1.82, 2.24) is 0 Å². The Balaban J connectivity index is 2.62. The van der Waals surface area contributed by atoms with Crippen LogP contribution in [0.4, 0.5) is 0 Å². The van der Waals surface area contributed by atoms with E-state index in [1.807, 2.05) is 19.1 Å². The molecule has 0 aliphatic carbocycles. The van der Waals surface area contributed by atoms with Gasteiger partial charge in [-0.1, -0.05) is 39.7 Å². The Morgan fingerprint density at radius 1 is 1.00 bits per heavy atom. The van der Waals surface area contributed by atoms with Crippen LogP contribution >= 0.6 is 0 Å². The van der Waals surface area contributed by atoms with Gasteiger partial charge in [-0.05, 0) is 30.9 Å². The Morgan fingerprint density at radius 2 is 1.67 bits per heavy atom. The molecule has 0 atom stereocenters. The summed E-state index contributed by atoms with van der Waals surface area (Å²) in [6.45, 7) is 7.91. The molecule has 0 saturated heterocycles. The maximum absolute atomic E-state index is 5.80. The van der Waals surface area contributed by atoms with E-state index in [2.05, 4.69) is 26.3 Å². The van der Waals surface area contributed by atoms with Gasteiger partial charge in [0.05, 0.1) is 13.2 Å². The lowest BCUT2D eigenvalue weighted by Gasteiger charge is -2.12. The van der Waals surface area contributed by atoms with E-state index >= 15 is 0 Å². The summed E-state index contributed by atoms with van der Waals surface area (Å²) in [5, 5.41) is 0. The van der Waals surface area contributed by atoms with Gasteiger partial charge in [0, 0.05) is 6.07 Å². The zero-order chi connectivity index (χ0) is 13.2. The van der Waals surface area contributed by atoms with Gasteiger partial charge >= 0.3 is 0 Å². The van der Waals surface area contributed by atoms with E-state index in [1.165, 1.54) is 0 Å². The monoisotopic (exact) mass is 249 g/mol. The van der Waals surface area contributed by atoms with Crippen molar-refractivity contribution in [3.05, 3.63) is 30.2 Å². The van der Waals surface area contributed by atoms with Crippen molar-refractivity contribution >= 4 is 0 Å². The van der Waals surface area contributed by atoms with E-state index in [0.717, 1.165) is 56.0 Å². The van der Waals surface area contributed by atoms with E-state index in [-0.39, 0.29) is 0 Å². The molecule has 0 aromatic heterocycles. The second-order valence-corrected chi connectivity index (χ2v) is 4.39. The summed E-state index contributed by atoms with van der Waals surface area (Å²) in [7, 11) is 0. The zero-order valence-corrected chi connectivity index (χ0v) is 11.9. The molecule has 2 heteroatoms. The number of unbranched alkanes of at least 4 members (excludes halogenated alkanes) is 2. The van der Waals surface area contributed by atoms with Crippen molar-refractivity contribution < 1.29 is 9.47 Å². The highest BCUT2D eigenvalue weighted by molar-refractivity contribution is 5.44. The molecule has 0 unspecified atom stereocenters. The van der Waals surface area contributed by atoms with E-state index in [0.29, 0.717) is 0 Å². The van der Waals surface area contributed by atoms with Crippen LogP contribution in [-0.4, -0.2) is 13.2 Å². The molecule has 0 aliphatic heterocycles. The van der Waals surface area contributed by atoms with Crippen molar-refractivity contribution in [2.75, 3.05) is 13.2 Å². The molecule has 0 saturated carbocycles. The van der Waals surface area contributed by atoms with Crippen LogP contribution in [0, 0.1) is 6.42 Å². The molecule has 101 valence electrons. The van der Waals surface area contributed by atoms with Crippen LogP contribution in [0.3, 0.4) is 0 Å². The standard InChI is InChI=1S/C16H25O2/c1-4-7-11-17-15-10-9-14(6-3)16(13-15)18-12-8-5-2/h6,9-10,13H,4-5,7-8,11-12H2,1-3H3. The molecule has 0 amide bonds. The molecule has 0 fully saturated rings. The second-order valence-electron chi connectivity index (χ2n) is 4.39. The fourth-order valence-corrected chi connectivity index (χ4v) is 1.63. The molecule has 1 aromatic rings.